The van der Waals surface area contributed by atoms with E-state index in [0.717, 1.165) is 29.8 Å². The minimum absolute atomic E-state index is 0.0117. The topological polar surface area (TPSA) is 76.7 Å². The molecule has 0 aliphatic carbocycles. The second-order valence-electron chi connectivity index (χ2n) is 7.79. The molecule has 0 radical (unpaired) electrons. The molecule has 2 aromatic rings. The Hall–Kier alpha value is -2.57. The molecule has 2 N–H and O–H groups in total. The number of halogens is 1. The molecule has 158 valence electrons. The molecule has 4 rings (SSSR count). The third-order valence-electron chi connectivity index (χ3n) is 5.52. The molecule has 30 heavy (non-hydrogen) atoms. The number of rotatable bonds is 6. The van der Waals surface area contributed by atoms with Crippen molar-refractivity contribution in [2.24, 2.45) is 5.92 Å². The number of nitrogens with one attached hydrogen (secondary N) is 2. The number of carbonyl (C=O) groups is 2. The summed E-state index contributed by atoms with van der Waals surface area (Å²) in [6.07, 6.45) is 3.00. The van der Waals surface area contributed by atoms with Crippen LogP contribution in [0.25, 0.3) is 0 Å². The highest BCUT2D eigenvalue weighted by atomic mass is 35.5. The molecule has 1 saturated heterocycles. The van der Waals surface area contributed by atoms with Gasteiger partial charge in [-0.15, -0.1) is 0 Å². The van der Waals surface area contributed by atoms with Crippen LogP contribution in [0.1, 0.15) is 35.2 Å². The van der Waals surface area contributed by atoms with Gasteiger partial charge in [-0.2, -0.15) is 0 Å². The first-order chi connectivity index (χ1) is 14.6. The molecule has 0 unspecified atom stereocenters. The first-order valence-corrected chi connectivity index (χ1v) is 10.7. The number of anilines is 1. The van der Waals surface area contributed by atoms with Crippen LogP contribution in [0.15, 0.2) is 42.5 Å². The summed E-state index contributed by atoms with van der Waals surface area (Å²) in [5, 5.41) is 6.49. The van der Waals surface area contributed by atoms with Gasteiger partial charge in [0.2, 0.25) is 5.91 Å². The summed E-state index contributed by atoms with van der Waals surface area (Å²) in [5.74, 6) is 1.04. The fourth-order valence-electron chi connectivity index (χ4n) is 3.73. The highest BCUT2D eigenvalue weighted by molar-refractivity contribution is 6.30. The predicted octanol–water partition coefficient (Wildman–Crippen LogP) is 3.83. The average Bonchev–Trinajstić information content (AvgIpc) is 2.77. The Morgan fingerprint density at radius 1 is 1.17 bits per heavy atom. The number of hydrogen-bond donors (Lipinski definition) is 2. The van der Waals surface area contributed by atoms with E-state index in [1.807, 2.05) is 30.3 Å². The van der Waals surface area contributed by atoms with Crippen LogP contribution in [0.5, 0.6) is 5.75 Å². The first kappa shape index (κ1) is 20.7. The molecule has 0 saturated carbocycles. The summed E-state index contributed by atoms with van der Waals surface area (Å²) in [7, 11) is 0. The van der Waals surface area contributed by atoms with Gasteiger partial charge in [-0.3, -0.25) is 9.59 Å². The Morgan fingerprint density at radius 3 is 2.77 bits per heavy atom. The van der Waals surface area contributed by atoms with Gasteiger partial charge in [0, 0.05) is 35.2 Å². The zero-order chi connectivity index (χ0) is 20.9. The molecular formula is C23H25ClN2O4. The van der Waals surface area contributed by atoms with E-state index in [2.05, 4.69) is 10.6 Å². The molecule has 0 bridgehead atoms. The SMILES string of the molecule is O=C1CCc2cc(C(=O)NC[C@H]3CC[C@@H](COc4ccc(Cl)cc4)CO3)ccc2N1. The normalized spacial score (nSPS) is 20.8. The highest BCUT2D eigenvalue weighted by Crippen LogP contribution is 2.24. The van der Waals surface area contributed by atoms with Gasteiger partial charge in [0.05, 0.1) is 19.3 Å². The van der Waals surface area contributed by atoms with Gasteiger partial charge < -0.3 is 20.1 Å². The van der Waals surface area contributed by atoms with Gasteiger partial charge >= 0.3 is 0 Å². The Morgan fingerprint density at radius 2 is 2.00 bits per heavy atom. The molecule has 2 atom stereocenters. The third-order valence-corrected chi connectivity index (χ3v) is 5.77. The number of aryl methyl sites for hydroxylation is 1. The average molecular weight is 429 g/mol. The van der Waals surface area contributed by atoms with E-state index in [0.29, 0.717) is 49.1 Å². The Balaban J connectivity index is 1.19. The highest BCUT2D eigenvalue weighted by Gasteiger charge is 2.23. The van der Waals surface area contributed by atoms with E-state index >= 15 is 0 Å². The third kappa shape index (κ3) is 5.32. The summed E-state index contributed by atoms with van der Waals surface area (Å²) in [4.78, 5) is 24.0. The van der Waals surface area contributed by atoms with Gasteiger partial charge in [0.15, 0.2) is 0 Å². The van der Waals surface area contributed by atoms with Crippen LogP contribution >= 0.6 is 11.6 Å². The molecule has 2 aliphatic rings. The molecule has 1 fully saturated rings. The van der Waals surface area contributed by atoms with Gasteiger partial charge in [0.25, 0.3) is 5.91 Å². The maximum absolute atomic E-state index is 12.5. The largest absolute Gasteiger partial charge is 0.493 e. The second kappa shape index (κ2) is 9.49. The van der Waals surface area contributed by atoms with Crippen LogP contribution in [0, 0.1) is 5.92 Å². The quantitative estimate of drug-likeness (QED) is 0.733. The fraction of sp³-hybridized carbons (Fsp3) is 0.391. The van der Waals surface area contributed by atoms with Crippen LogP contribution in [-0.4, -0.2) is 37.7 Å². The van der Waals surface area contributed by atoms with Crippen LogP contribution in [0.3, 0.4) is 0 Å². The summed E-state index contributed by atoms with van der Waals surface area (Å²) in [5.41, 5.74) is 2.40. The van der Waals surface area contributed by atoms with E-state index in [9.17, 15) is 9.59 Å². The lowest BCUT2D eigenvalue weighted by Crippen LogP contribution is -2.38. The van der Waals surface area contributed by atoms with Gasteiger partial charge in [-0.05, 0) is 67.3 Å². The van der Waals surface area contributed by atoms with E-state index in [1.165, 1.54) is 0 Å². The van der Waals surface area contributed by atoms with E-state index in [1.54, 1.807) is 12.1 Å². The summed E-state index contributed by atoms with van der Waals surface area (Å²) < 4.78 is 11.7. The molecule has 0 aromatic heterocycles. The zero-order valence-corrected chi connectivity index (χ0v) is 17.4. The standard InChI is InChI=1S/C23H25ClN2O4/c24-18-4-7-19(8-5-18)29-13-15-1-6-20(30-14-15)12-25-23(28)17-2-9-21-16(11-17)3-10-22(27)26-21/h2,4-5,7-9,11,15,20H,1,3,6,10,12-14H2,(H,25,28)(H,26,27)/t15-,20+/m0/s1. The Kier molecular flexibility index (Phi) is 6.55. The van der Waals surface area contributed by atoms with Crippen molar-refractivity contribution in [2.45, 2.75) is 31.8 Å². The van der Waals surface area contributed by atoms with Crippen molar-refractivity contribution in [1.82, 2.24) is 5.32 Å². The summed E-state index contributed by atoms with van der Waals surface area (Å²) >= 11 is 5.88. The maximum atomic E-state index is 12.5. The van der Waals surface area contributed by atoms with Crippen LogP contribution < -0.4 is 15.4 Å². The maximum Gasteiger partial charge on any atom is 0.251 e. The Labute approximate surface area is 180 Å². The number of fused-ring (bicyclic) bond motifs is 1. The lowest BCUT2D eigenvalue weighted by Gasteiger charge is -2.29. The minimum Gasteiger partial charge on any atom is -0.493 e. The molecule has 0 spiro atoms. The molecule has 7 heteroatoms. The fourth-order valence-corrected chi connectivity index (χ4v) is 3.86. The van der Waals surface area contributed by atoms with Crippen LogP contribution in [-0.2, 0) is 16.0 Å². The van der Waals surface area contributed by atoms with Gasteiger partial charge in [0.1, 0.15) is 5.75 Å². The number of ether oxygens (including phenoxy) is 2. The van der Waals surface area contributed by atoms with E-state index < -0.39 is 0 Å². The zero-order valence-electron chi connectivity index (χ0n) is 16.7. The Bertz CT molecular complexity index is 908. The molecule has 6 nitrogen and oxygen atoms in total. The van der Waals surface area contributed by atoms with Crippen LogP contribution in [0.2, 0.25) is 5.02 Å². The minimum atomic E-state index is -0.119. The van der Waals surface area contributed by atoms with Crippen molar-refractivity contribution in [3.05, 3.63) is 58.6 Å². The summed E-state index contributed by atoms with van der Waals surface area (Å²) in [6, 6.07) is 12.7. The molecule has 2 heterocycles. The van der Waals surface area contributed by atoms with Crippen molar-refractivity contribution in [2.75, 3.05) is 25.1 Å². The molecule has 2 amide bonds. The van der Waals surface area contributed by atoms with Crippen molar-refractivity contribution in [1.29, 1.82) is 0 Å². The van der Waals surface area contributed by atoms with E-state index in [4.69, 9.17) is 21.1 Å². The smallest absolute Gasteiger partial charge is 0.251 e. The monoisotopic (exact) mass is 428 g/mol. The van der Waals surface area contributed by atoms with Gasteiger partial charge in [-0.1, -0.05) is 11.6 Å². The van der Waals surface area contributed by atoms with Crippen molar-refractivity contribution >= 4 is 29.1 Å². The number of carbonyl (C=O) groups excluding carboxylic acids is 2. The number of amides is 2. The second-order valence-corrected chi connectivity index (χ2v) is 8.23. The predicted molar refractivity (Wildman–Crippen MR) is 115 cm³/mol. The lowest BCUT2D eigenvalue weighted by molar-refractivity contribution is -0.116. The van der Waals surface area contributed by atoms with Crippen LogP contribution in [0.4, 0.5) is 5.69 Å². The number of hydrogen-bond acceptors (Lipinski definition) is 4. The summed E-state index contributed by atoms with van der Waals surface area (Å²) in [6.45, 7) is 1.70. The van der Waals surface area contributed by atoms with Gasteiger partial charge in [-0.25, -0.2) is 0 Å². The molecule has 2 aromatic carbocycles. The van der Waals surface area contributed by atoms with E-state index in [-0.39, 0.29) is 17.9 Å². The van der Waals surface area contributed by atoms with Crippen molar-refractivity contribution < 1.29 is 19.1 Å². The van der Waals surface area contributed by atoms with Crippen molar-refractivity contribution in [3.63, 3.8) is 0 Å². The molecular weight excluding hydrogens is 404 g/mol. The number of benzene rings is 2. The lowest BCUT2D eigenvalue weighted by atomic mass is 9.98. The molecule has 2 aliphatic heterocycles. The van der Waals surface area contributed by atoms with Crippen molar-refractivity contribution in [3.8, 4) is 5.75 Å². The first-order valence-electron chi connectivity index (χ1n) is 10.3.